The Morgan fingerprint density at radius 1 is 1.16 bits per heavy atom. The number of aryl methyl sites for hydroxylation is 1. The van der Waals surface area contributed by atoms with Crippen molar-refractivity contribution in [3.05, 3.63) is 70.9 Å². The number of nitrogens with zero attached hydrogens (tertiary/aromatic N) is 7. The second kappa shape index (κ2) is 21.7. The highest BCUT2D eigenvalue weighted by Gasteiger charge is 2.43. The standard InChI is InChI=1S/C50H68FN9O7S/c1-13-32(43(52-15-3)30(7)66-12)45-34-24-50(8,9)28-67-48(64)36-18-17-21-60(55-36)47(63)37(23-41-53-38(27-68-41)31-19-20-39(33(34)22-31)59(45)16-4)54-46(62)44(29(5)6)57(11)49(65)58-25-35(51)40(26-58)56(10)42(61)14-2/h13-15,19-20,22,27,29-30,35-37,40,44,55H,1-2,16-18,21,23-26,28H2,3-12H3,(H,54,62)/b43-32+,52-15-/t30-,35-,36?,37-,40-,44-/m0/s1. The number of thiazole rings is 1. The first-order valence-corrected chi connectivity index (χ1v) is 24.2. The van der Waals surface area contributed by atoms with Gasteiger partial charge in [0.05, 0.1) is 47.4 Å². The molecule has 6 bridgehead atoms. The molecule has 2 N–H and O–H groups in total. The third-order valence-corrected chi connectivity index (χ3v) is 14.1. The van der Waals surface area contributed by atoms with Crippen LogP contribution in [0.4, 0.5) is 9.18 Å². The van der Waals surface area contributed by atoms with E-state index in [1.165, 1.54) is 45.1 Å². The first kappa shape index (κ1) is 51.7. The zero-order valence-electron chi connectivity index (χ0n) is 41.1. The van der Waals surface area contributed by atoms with Crippen molar-refractivity contribution in [3.63, 3.8) is 0 Å². The number of rotatable bonds is 12. The van der Waals surface area contributed by atoms with Crippen LogP contribution in [0.15, 0.2) is 59.6 Å². The smallest absolute Gasteiger partial charge is 0.324 e. The Morgan fingerprint density at radius 2 is 1.90 bits per heavy atom. The number of hydrogen-bond acceptors (Lipinski definition) is 11. The second-order valence-electron chi connectivity index (χ2n) is 18.9. The first-order valence-electron chi connectivity index (χ1n) is 23.4. The van der Waals surface area contributed by atoms with E-state index in [1.54, 1.807) is 27.2 Å². The van der Waals surface area contributed by atoms with Gasteiger partial charge in [-0.1, -0.05) is 53.0 Å². The van der Waals surface area contributed by atoms with E-state index in [0.29, 0.717) is 36.5 Å². The maximum Gasteiger partial charge on any atom is 0.324 e. The van der Waals surface area contributed by atoms with Crippen LogP contribution >= 0.6 is 11.3 Å². The quantitative estimate of drug-likeness (QED) is 0.0929. The number of esters is 1. The predicted octanol–water partition coefficient (Wildman–Crippen LogP) is 6.20. The van der Waals surface area contributed by atoms with Crippen molar-refractivity contribution in [2.75, 3.05) is 47.4 Å². The third-order valence-electron chi connectivity index (χ3n) is 13.2. The summed E-state index contributed by atoms with van der Waals surface area (Å²) in [6.45, 7) is 22.0. The van der Waals surface area contributed by atoms with Crippen LogP contribution < -0.4 is 10.7 Å². The molecule has 5 heterocycles. The number of nitrogens with one attached hydrogen (secondary N) is 2. The number of aliphatic imine (C=N–C) groups is 1. The fourth-order valence-corrected chi connectivity index (χ4v) is 10.4. The van der Waals surface area contributed by atoms with Gasteiger partial charge in [-0.25, -0.2) is 19.6 Å². The number of likely N-dealkylation sites (tertiary alicyclic amines) is 1. The van der Waals surface area contributed by atoms with Gasteiger partial charge in [0.2, 0.25) is 11.8 Å². The highest BCUT2D eigenvalue weighted by Crippen LogP contribution is 2.40. The SMILES string of the molecule is C=CC(=O)N(C)[C@H]1CN(C(=O)N(C)[C@H](C(=O)N[C@H]2Cc3nc(cs3)-c3ccc4c(c3)c(c(/C(C=C)=C(/N=C\C)[C@H](C)OC)n4CC)CC(C)(C)COC(=O)C3CCCN(N3)C2=O)C(C)C)C[C@@H]1F. The molecule has 0 saturated carbocycles. The van der Waals surface area contributed by atoms with E-state index in [2.05, 4.69) is 61.4 Å². The number of ether oxygens (including phenoxy) is 2. The summed E-state index contributed by atoms with van der Waals surface area (Å²) in [6.07, 6.45) is 4.28. The van der Waals surface area contributed by atoms with Crippen molar-refractivity contribution >= 4 is 63.7 Å². The van der Waals surface area contributed by atoms with Crippen LogP contribution in [0, 0.1) is 11.3 Å². The Bertz CT molecular complexity index is 2480. The summed E-state index contributed by atoms with van der Waals surface area (Å²) >= 11 is 1.36. The highest BCUT2D eigenvalue weighted by molar-refractivity contribution is 7.10. The number of benzene rings is 1. The summed E-state index contributed by atoms with van der Waals surface area (Å²) in [6, 6.07) is 1.70. The molecule has 68 heavy (non-hydrogen) atoms. The van der Waals surface area contributed by atoms with Crippen molar-refractivity contribution in [3.8, 4) is 11.3 Å². The monoisotopic (exact) mass is 957 g/mol. The van der Waals surface area contributed by atoms with Gasteiger partial charge in [0.25, 0.3) is 5.91 Å². The summed E-state index contributed by atoms with van der Waals surface area (Å²) in [4.78, 5) is 82.9. The van der Waals surface area contributed by atoms with Crippen LogP contribution in [-0.4, -0.2) is 149 Å². The van der Waals surface area contributed by atoms with E-state index in [1.807, 2.05) is 31.4 Å². The van der Waals surface area contributed by atoms with Crippen molar-refractivity contribution in [1.82, 2.24) is 40.0 Å². The molecule has 3 aromatic rings. The number of urea groups is 1. The van der Waals surface area contributed by atoms with E-state index in [4.69, 9.17) is 19.5 Å². The molecule has 3 aliphatic heterocycles. The van der Waals surface area contributed by atoms with Crippen LogP contribution in [0.2, 0.25) is 0 Å². The lowest BCUT2D eigenvalue weighted by Gasteiger charge is -2.37. The van der Waals surface area contributed by atoms with E-state index in [9.17, 15) is 24.0 Å². The molecule has 0 spiro atoms. The molecule has 6 atom stereocenters. The molecule has 2 fully saturated rings. The van der Waals surface area contributed by atoms with Gasteiger partial charge in [-0.2, -0.15) is 0 Å². The van der Waals surface area contributed by atoms with E-state index in [-0.39, 0.29) is 38.8 Å². The Labute approximate surface area is 403 Å². The van der Waals surface area contributed by atoms with Gasteiger partial charge >= 0.3 is 12.0 Å². The number of aromatic nitrogens is 2. The Morgan fingerprint density at radius 3 is 2.54 bits per heavy atom. The van der Waals surface area contributed by atoms with E-state index < -0.39 is 71.4 Å². The lowest BCUT2D eigenvalue weighted by molar-refractivity contribution is -0.155. The van der Waals surface area contributed by atoms with Crippen LogP contribution in [0.5, 0.6) is 0 Å². The van der Waals surface area contributed by atoms with Gasteiger partial charge in [-0.05, 0) is 69.7 Å². The van der Waals surface area contributed by atoms with Crippen LogP contribution in [0.25, 0.3) is 27.7 Å². The lowest BCUT2D eigenvalue weighted by atomic mass is 9.84. The Hall–Kier alpha value is -5.72. The number of methoxy groups -OCH3 is 1. The minimum Gasteiger partial charge on any atom is -0.464 e. The normalized spacial score (nSPS) is 22.4. The topological polar surface area (TPSA) is 171 Å². The zero-order valence-corrected chi connectivity index (χ0v) is 42.0. The molecule has 16 nitrogen and oxygen atoms in total. The number of hydrazine groups is 1. The van der Waals surface area contributed by atoms with Gasteiger partial charge in [-0.3, -0.25) is 29.2 Å². The largest absolute Gasteiger partial charge is 0.464 e. The first-order chi connectivity index (χ1) is 32.3. The number of carbonyl (C=O) groups is 5. The molecule has 0 radical (unpaired) electrons. The molecule has 6 rings (SSSR count). The number of alkyl halides is 1. The molecular formula is C50H68FN9O7S. The van der Waals surface area contributed by atoms with E-state index in [0.717, 1.165) is 45.1 Å². The molecule has 2 aromatic heterocycles. The van der Waals surface area contributed by atoms with Gasteiger partial charge in [0.1, 0.15) is 24.3 Å². The number of likely N-dealkylation sites (N-methyl/N-ethyl adjacent to an activating group) is 2. The Balaban J connectivity index is 1.40. The van der Waals surface area contributed by atoms with Crippen molar-refractivity contribution in [1.29, 1.82) is 0 Å². The molecule has 18 heteroatoms. The number of hydrogen-bond donors (Lipinski definition) is 2. The van der Waals surface area contributed by atoms with Crippen molar-refractivity contribution in [2.45, 2.75) is 117 Å². The average Bonchev–Trinajstić information content (AvgIpc) is 4.04. The summed E-state index contributed by atoms with van der Waals surface area (Å²) in [5.74, 6) is -2.47. The van der Waals surface area contributed by atoms with Crippen molar-refractivity contribution < 1.29 is 37.8 Å². The second-order valence-corrected chi connectivity index (χ2v) is 19.9. The highest BCUT2D eigenvalue weighted by atomic mass is 32.1. The molecule has 0 aliphatic carbocycles. The van der Waals surface area contributed by atoms with E-state index >= 15 is 4.39 Å². The lowest BCUT2D eigenvalue weighted by Crippen LogP contribution is -2.62. The predicted molar refractivity (Wildman–Crippen MR) is 263 cm³/mol. The minimum atomic E-state index is -1.50. The van der Waals surface area contributed by atoms with Crippen LogP contribution in [0.1, 0.15) is 77.6 Å². The van der Waals surface area contributed by atoms with Crippen LogP contribution in [0.3, 0.4) is 0 Å². The number of amides is 5. The summed E-state index contributed by atoms with van der Waals surface area (Å²) in [5.41, 5.74) is 8.62. The molecule has 2 saturated heterocycles. The van der Waals surface area contributed by atoms with Crippen LogP contribution in [-0.2, 0) is 48.0 Å². The average molecular weight is 958 g/mol. The number of fused-ring (bicyclic) bond motifs is 6. The third kappa shape index (κ3) is 10.8. The maximum atomic E-state index is 15.3. The fourth-order valence-electron chi connectivity index (χ4n) is 9.58. The molecule has 3 aliphatic rings. The number of cyclic esters (lactones) is 1. The summed E-state index contributed by atoms with van der Waals surface area (Å²) < 4.78 is 29.4. The maximum absolute atomic E-state index is 15.3. The number of carbonyl (C=O) groups excluding carboxylic acids is 5. The van der Waals surface area contributed by atoms with Gasteiger partial charge < -0.3 is 34.1 Å². The fraction of sp³-hybridized carbons (Fsp3) is 0.540. The summed E-state index contributed by atoms with van der Waals surface area (Å²) in [5, 5.41) is 7.83. The number of halogens is 1. The van der Waals surface area contributed by atoms with Gasteiger partial charge in [0, 0.05) is 86.3 Å². The number of allylic oxidation sites excluding steroid dienone is 2. The van der Waals surface area contributed by atoms with Gasteiger partial charge in [0.15, 0.2) is 0 Å². The molecule has 5 amide bonds. The zero-order chi connectivity index (χ0) is 49.8. The van der Waals surface area contributed by atoms with Crippen molar-refractivity contribution in [2.24, 2.45) is 16.3 Å². The Kier molecular flexibility index (Phi) is 16.5. The minimum absolute atomic E-state index is 0.00987. The summed E-state index contributed by atoms with van der Waals surface area (Å²) in [7, 11) is 4.59. The van der Waals surface area contributed by atoms with Gasteiger partial charge in [-0.15, -0.1) is 11.3 Å². The molecule has 1 unspecified atom stereocenters. The molecule has 368 valence electrons. The molecular weight excluding hydrogens is 890 g/mol. The molecule has 1 aromatic carbocycles.